The van der Waals surface area contributed by atoms with Gasteiger partial charge in [0.2, 0.25) is 0 Å². The molecule has 76 valence electrons. The maximum atomic E-state index is 12.8. The third-order valence-electron chi connectivity index (χ3n) is 1.53. The van der Waals surface area contributed by atoms with Crippen molar-refractivity contribution >= 4 is 21.9 Å². The molecular formula is C9H9BrFNO2. The molecular weight excluding hydrogens is 253 g/mol. The highest BCUT2D eigenvalue weighted by atomic mass is 79.9. The van der Waals surface area contributed by atoms with Crippen molar-refractivity contribution in [2.75, 3.05) is 6.54 Å². The van der Waals surface area contributed by atoms with E-state index in [-0.39, 0.29) is 12.4 Å². The second kappa shape index (κ2) is 5.07. The Morgan fingerprint density at radius 2 is 2.21 bits per heavy atom. The van der Waals surface area contributed by atoms with Crippen molar-refractivity contribution in [3.8, 4) is 0 Å². The molecule has 5 heteroatoms. The molecule has 0 radical (unpaired) electrons. The van der Waals surface area contributed by atoms with Crippen LogP contribution in [0.3, 0.4) is 0 Å². The molecule has 0 aliphatic carbocycles. The Kier molecular flexibility index (Phi) is 4.03. The molecule has 2 N–H and O–H groups in total. The van der Waals surface area contributed by atoms with Gasteiger partial charge in [0.15, 0.2) is 0 Å². The zero-order valence-corrected chi connectivity index (χ0v) is 8.84. The number of hydrogen-bond donors (Lipinski definition) is 2. The zero-order chi connectivity index (χ0) is 10.6. The van der Waals surface area contributed by atoms with Gasteiger partial charge in [0, 0.05) is 11.0 Å². The summed E-state index contributed by atoms with van der Waals surface area (Å²) in [6.45, 7) is 0.205. The second-order valence-corrected chi connectivity index (χ2v) is 3.69. The molecule has 0 aromatic heterocycles. The minimum Gasteiger partial charge on any atom is -0.480 e. The predicted molar refractivity (Wildman–Crippen MR) is 53.4 cm³/mol. The fourth-order valence-electron chi connectivity index (χ4n) is 1.03. The molecule has 1 rings (SSSR count). The summed E-state index contributed by atoms with van der Waals surface area (Å²) in [7, 11) is 0. The van der Waals surface area contributed by atoms with Crippen LogP contribution in [0.4, 0.5) is 4.39 Å². The van der Waals surface area contributed by atoms with Gasteiger partial charge in [-0.2, -0.15) is 0 Å². The average molecular weight is 262 g/mol. The Balaban J connectivity index is 2.54. The lowest BCUT2D eigenvalue weighted by molar-refractivity contribution is -0.135. The van der Waals surface area contributed by atoms with E-state index < -0.39 is 5.97 Å². The van der Waals surface area contributed by atoms with Crippen molar-refractivity contribution in [1.29, 1.82) is 0 Å². The first-order chi connectivity index (χ1) is 6.58. The van der Waals surface area contributed by atoms with E-state index in [1.54, 1.807) is 6.07 Å². The Morgan fingerprint density at radius 3 is 2.79 bits per heavy atom. The van der Waals surface area contributed by atoms with Crippen LogP contribution in [0, 0.1) is 5.82 Å². The highest BCUT2D eigenvalue weighted by Crippen LogP contribution is 2.14. The third kappa shape index (κ3) is 3.85. The molecule has 3 nitrogen and oxygen atoms in total. The van der Waals surface area contributed by atoms with Crippen LogP contribution in [-0.2, 0) is 11.3 Å². The smallest absolute Gasteiger partial charge is 0.317 e. The normalized spacial score (nSPS) is 10.1. The van der Waals surface area contributed by atoms with Gasteiger partial charge in [0.05, 0.1) is 6.54 Å². The molecule has 14 heavy (non-hydrogen) atoms. The van der Waals surface area contributed by atoms with Gasteiger partial charge in [-0.25, -0.2) is 4.39 Å². The average Bonchev–Trinajstić information content (AvgIpc) is 2.01. The highest BCUT2D eigenvalue weighted by Gasteiger charge is 2.00. The summed E-state index contributed by atoms with van der Waals surface area (Å²) in [6, 6.07) is 4.44. The molecule has 0 spiro atoms. The number of rotatable bonds is 4. The van der Waals surface area contributed by atoms with Crippen LogP contribution < -0.4 is 5.32 Å². The van der Waals surface area contributed by atoms with E-state index in [1.165, 1.54) is 12.1 Å². The quantitative estimate of drug-likeness (QED) is 0.869. The Morgan fingerprint density at radius 1 is 1.50 bits per heavy atom. The number of hydrogen-bond acceptors (Lipinski definition) is 2. The minimum absolute atomic E-state index is 0.131. The second-order valence-electron chi connectivity index (χ2n) is 2.77. The summed E-state index contributed by atoms with van der Waals surface area (Å²) in [5.74, 6) is -1.27. The number of halogens is 2. The lowest BCUT2D eigenvalue weighted by Gasteiger charge is -2.03. The standard InChI is InChI=1S/C9H9BrFNO2/c10-7-1-6(2-8(11)3-7)4-12-5-9(13)14/h1-3,12H,4-5H2,(H,13,14). The van der Waals surface area contributed by atoms with Crippen molar-refractivity contribution in [2.45, 2.75) is 6.54 Å². The summed E-state index contributed by atoms with van der Waals surface area (Å²) in [6.07, 6.45) is 0. The number of nitrogens with one attached hydrogen (secondary N) is 1. The first kappa shape index (κ1) is 11.1. The van der Waals surface area contributed by atoms with Gasteiger partial charge < -0.3 is 10.4 Å². The van der Waals surface area contributed by atoms with Crippen LogP contribution in [0.5, 0.6) is 0 Å². The van der Waals surface area contributed by atoms with Gasteiger partial charge in [0.1, 0.15) is 5.82 Å². The van der Waals surface area contributed by atoms with Crippen molar-refractivity contribution in [2.24, 2.45) is 0 Å². The molecule has 0 aliphatic rings. The monoisotopic (exact) mass is 261 g/mol. The van der Waals surface area contributed by atoms with Crippen LogP contribution in [0.2, 0.25) is 0 Å². The minimum atomic E-state index is -0.930. The van der Waals surface area contributed by atoms with Crippen molar-refractivity contribution in [3.05, 3.63) is 34.1 Å². The van der Waals surface area contributed by atoms with Crippen molar-refractivity contribution in [3.63, 3.8) is 0 Å². The van der Waals surface area contributed by atoms with Crippen LogP contribution >= 0.6 is 15.9 Å². The number of carboxylic acids is 1. The van der Waals surface area contributed by atoms with Gasteiger partial charge in [-0.3, -0.25) is 4.79 Å². The van der Waals surface area contributed by atoms with Crippen LogP contribution in [0.1, 0.15) is 5.56 Å². The molecule has 0 unspecified atom stereocenters. The molecule has 0 saturated carbocycles. The molecule has 1 aromatic carbocycles. The SMILES string of the molecule is O=C(O)CNCc1cc(F)cc(Br)c1. The summed E-state index contributed by atoms with van der Waals surface area (Å²) in [4.78, 5) is 10.2. The molecule has 0 fully saturated rings. The maximum absolute atomic E-state index is 12.8. The molecule has 0 amide bonds. The number of carboxylic acid groups (broad SMARTS) is 1. The van der Waals surface area contributed by atoms with E-state index in [4.69, 9.17) is 5.11 Å². The molecule has 0 bridgehead atoms. The van der Waals surface area contributed by atoms with Crippen molar-refractivity contribution in [1.82, 2.24) is 5.32 Å². The van der Waals surface area contributed by atoms with E-state index in [1.807, 2.05) is 0 Å². The highest BCUT2D eigenvalue weighted by molar-refractivity contribution is 9.10. The van der Waals surface area contributed by atoms with E-state index in [2.05, 4.69) is 21.2 Å². The van der Waals surface area contributed by atoms with Gasteiger partial charge in [0.25, 0.3) is 0 Å². The van der Waals surface area contributed by atoms with E-state index >= 15 is 0 Å². The summed E-state index contributed by atoms with van der Waals surface area (Å²) in [5, 5.41) is 11.0. The lowest BCUT2D eigenvalue weighted by Crippen LogP contribution is -2.21. The van der Waals surface area contributed by atoms with E-state index in [0.29, 0.717) is 16.6 Å². The van der Waals surface area contributed by atoms with E-state index in [9.17, 15) is 9.18 Å². The maximum Gasteiger partial charge on any atom is 0.317 e. The van der Waals surface area contributed by atoms with Gasteiger partial charge in [-0.1, -0.05) is 15.9 Å². The zero-order valence-electron chi connectivity index (χ0n) is 7.26. The number of benzene rings is 1. The molecule has 0 saturated heterocycles. The topological polar surface area (TPSA) is 49.3 Å². The fourth-order valence-corrected chi connectivity index (χ4v) is 1.54. The first-order valence-corrected chi connectivity index (χ1v) is 4.74. The number of aliphatic carboxylic acids is 1. The predicted octanol–water partition coefficient (Wildman–Crippen LogP) is 1.76. The molecule has 1 aromatic rings. The summed E-state index contributed by atoms with van der Waals surface area (Å²) < 4.78 is 13.5. The van der Waals surface area contributed by atoms with Crippen LogP contribution in [-0.4, -0.2) is 17.6 Å². The summed E-state index contributed by atoms with van der Waals surface area (Å²) in [5.41, 5.74) is 0.707. The Bertz CT molecular complexity index is 323. The fraction of sp³-hybridized carbons (Fsp3) is 0.222. The van der Waals surface area contributed by atoms with Crippen LogP contribution in [0.15, 0.2) is 22.7 Å². The Labute approximate surface area is 89.1 Å². The number of carbonyl (C=O) groups is 1. The van der Waals surface area contributed by atoms with E-state index in [0.717, 1.165) is 0 Å². The van der Waals surface area contributed by atoms with Crippen LogP contribution in [0.25, 0.3) is 0 Å². The van der Waals surface area contributed by atoms with Crippen molar-refractivity contribution < 1.29 is 14.3 Å². The van der Waals surface area contributed by atoms with Gasteiger partial charge in [-0.05, 0) is 23.8 Å². The summed E-state index contributed by atoms with van der Waals surface area (Å²) >= 11 is 3.15. The lowest BCUT2D eigenvalue weighted by atomic mass is 10.2. The third-order valence-corrected chi connectivity index (χ3v) is 1.99. The first-order valence-electron chi connectivity index (χ1n) is 3.95. The van der Waals surface area contributed by atoms with Gasteiger partial charge in [-0.15, -0.1) is 0 Å². The van der Waals surface area contributed by atoms with Gasteiger partial charge >= 0.3 is 5.97 Å². The largest absolute Gasteiger partial charge is 0.480 e. The molecule has 0 aliphatic heterocycles. The Hall–Kier alpha value is -0.940. The molecule has 0 heterocycles. The molecule has 0 atom stereocenters.